The molecule has 0 N–H and O–H groups in total. The third-order valence-corrected chi connectivity index (χ3v) is 10.9. The van der Waals surface area contributed by atoms with Gasteiger partial charge in [0.25, 0.3) is 0 Å². The molecule has 0 aromatic heterocycles. The number of aryl methyl sites for hydroxylation is 3. The number of fused-ring (bicyclic) bond motifs is 1. The fraction of sp³-hybridized carbons (Fsp3) is 0.533. The number of rotatable bonds is 6. The van der Waals surface area contributed by atoms with Gasteiger partial charge in [-0.05, 0) is 93.5 Å². The van der Waals surface area contributed by atoms with Gasteiger partial charge in [-0.3, -0.25) is 4.79 Å². The third kappa shape index (κ3) is 4.95. The molecule has 3 aliphatic carbocycles. The number of carbonyl (C=O) groups is 1. The molecule has 0 spiro atoms. The normalized spacial score (nSPS) is 25.8. The summed E-state index contributed by atoms with van der Waals surface area (Å²) in [5, 5.41) is 8.70. The second-order valence-electron chi connectivity index (χ2n) is 11.0. The van der Waals surface area contributed by atoms with Crippen molar-refractivity contribution >= 4 is 15.7 Å². The minimum Gasteiger partial charge on any atom is -0.335 e. The summed E-state index contributed by atoms with van der Waals surface area (Å²) < 4.78 is 27.2. The van der Waals surface area contributed by atoms with Crippen molar-refractivity contribution in [3.63, 3.8) is 0 Å². The average molecular weight is 505 g/mol. The van der Waals surface area contributed by atoms with Crippen molar-refractivity contribution in [3.05, 3.63) is 64.7 Å². The van der Waals surface area contributed by atoms with E-state index in [1.807, 2.05) is 24.0 Å². The Morgan fingerprint density at radius 2 is 1.67 bits per heavy atom. The molecule has 0 heterocycles. The zero-order chi connectivity index (χ0) is 25.3. The maximum absolute atomic E-state index is 14.2. The molecule has 0 saturated heterocycles. The molecule has 3 aliphatic rings. The minimum absolute atomic E-state index is 0.0194. The smallest absolute Gasteiger partial charge is 0.227 e. The average Bonchev–Trinajstić information content (AvgIpc) is 3.57. The number of hydrogen-bond acceptors (Lipinski definition) is 4. The third-order valence-electron chi connectivity index (χ3n) is 8.64. The number of amides is 1. The van der Waals surface area contributed by atoms with Crippen LogP contribution in [0.2, 0.25) is 0 Å². The fourth-order valence-corrected chi connectivity index (χ4v) is 8.55. The molecule has 6 heteroatoms. The molecule has 0 radical (unpaired) electrons. The van der Waals surface area contributed by atoms with Crippen LogP contribution in [0.25, 0.3) is 0 Å². The van der Waals surface area contributed by atoms with E-state index in [0.29, 0.717) is 24.3 Å². The lowest BCUT2D eigenvalue weighted by atomic mass is 9.85. The van der Waals surface area contributed by atoms with Crippen molar-refractivity contribution in [2.75, 3.05) is 0 Å². The summed E-state index contributed by atoms with van der Waals surface area (Å²) in [5.41, 5.74) is 4.93. The molecule has 2 aromatic rings. The second-order valence-corrected chi connectivity index (χ2v) is 13.2. The molecular formula is C30H36N2O3S. The molecule has 5 nitrogen and oxygen atoms in total. The Labute approximate surface area is 215 Å². The highest BCUT2D eigenvalue weighted by Crippen LogP contribution is 2.38. The molecule has 2 aromatic carbocycles. The van der Waals surface area contributed by atoms with Gasteiger partial charge in [0.15, 0.2) is 9.84 Å². The van der Waals surface area contributed by atoms with E-state index in [2.05, 4.69) is 24.3 Å². The van der Waals surface area contributed by atoms with Crippen LogP contribution in [0, 0.1) is 30.1 Å². The molecule has 2 saturated carbocycles. The first-order valence-corrected chi connectivity index (χ1v) is 15.0. The maximum Gasteiger partial charge on any atom is 0.227 e. The summed E-state index contributed by atoms with van der Waals surface area (Å²) >= 11 is 0. The zero-order valence-electron chi connectivity index (χ0n) is 21.2. The van der Waals surface area contributed by atoms with Gasteiger partial charge >= 0.3 is 0 Å². The highest BCUT2D eigenvalue weighted by Gasteiger charge is 2.45. The molecule has 2 atom stereocenters. The van der Waals surface area contributed by atoms with E-state index < -0.39 is 21.0 Å². The quantitative estimate of drug-likeness (QED) is 0.518. The maximum atomic E-state index is 14.2. The summed E-state index contributed by atoms with van der Waals surface area (Å²) in [6, 6.07) is 16.0. The van der Waals surface area contributed by atoms with Crippen molar-refractivity contribution in [3.8, 4) is 6.07 Å². The minimum atomic E-state index is -3.60. The van der Waals surface area contributed by atoms with E-state index in [0.717, 1.165) is 56.1 Å². The van der Waals surface area contributed by atoms with Crippen LogP contribution in [0.5, 0.6) is 0 Å². The van der Waals surface area contributed by atoms with E-state index in [1.54, 1.807) is 12.1 Å². The number of nitrogens with zero attached hydrogens (tertiary/aromatic N) is 2. The number of hydrogen-bond donors (Lipinski definition) is 0. The van der Waals surface area contributed by atoms with Crippen LogP contribution in [-0.4, -0.2) is 30.5 Å². The molecule has 5 rings (SSSR count). The lowest BCUT2D eigenvalue weighted by molar-refractivity contribution is -0.139. The second kappa shape index (κ2) is 10.4. The highest BCUT2D eigenvalue weighted by atomic mass is 32.2. The Bertz CT molecular complexity index is 1250. The van der Waals surface area contributed by atoms with E-state index in [-0.39, 0.29) is 17.9 Å². The largest absolute Gasteiger partial charge is 0.335 e. The van der Waals surface area contributed by atoms with Crippen LogP contribution in [0.3, 0.4) is 0 Å². The zero-order valence-corrected chi connectivity index (χ0v) is 22.0. The Hall–Kier alpha value is -2.65. The molecule has 0 bridgehead atoms. The standard InChI is InChI=1S/C30H36N2O3S/c1-21-8-16-27(17-9-21)36(34,35)29-7-3-6-28(29)30(33)32(26-14-11-22(19-31)12-15-26)20-23-10-13-24-4-2-5-25(24)18-23/h8-10,13,16-18,22,26,28-29H,2-7,11-12,14-15,20H2,1H3/t22?,26?,28-,29-/m1/s1. The van der Waals surface area contributed by atoms with Gasteiger partial charge in [-0.1, -0.05) is 42.3 Å². The lowest BCUT2D eigenvalue weighted by Gasteiger charge is -2.38. The molecule has 2 fully saturated rings. The van der Waals surface area contributed by atoms with Crippen molar-refractivity contribution in [1.29, 1.82) is 5.26 Å². The first-order chi connectivity index (χ1) is 17.4. The van der Waals surface area contributed by atoms with Gasteiger partial charge < -0.3 is 4.90 Å². The van der Waals surface area contributed by atoms with E-state index >= 15 is 0 Å². The van der Waals surface area contributed by atoms with E-state index in [9.17, 15) is 18.5 Å². The Balaban J connectivity index is 1.42. The molecular weight excluding hydrogens is 468 g/mol. The summed E-state index contributed by atoms with van der Waals surface area (Å²) in [6.45, 7) is 2.46. The first-order valence-electron chi connectivity index (χ1n) is 13.5. The van der Waals surface area contributed by atoms with Gasteiger partial charge in [-0.15, -0.1) is 0 Å². The number of sulfone groups is 1. The first kappa shape index (κ1) is 25.0. The fourth-order valence-electron chi connectivity index (χ4n) is 6.52. The molecule has 190 valence electrons. The van der Waals surface area contributed by atoms with Crippen molar-refractivity contribution in [1.82, 2.24) is 4.90 Å². The summed E-state index contributed by atoms with van der Waals surface area (Å²) in [5.74, 6) is -0.479. The van der Waals surface area contributed by atoms with Crippen molar-refractivity contribution < 1.29 is 13.2 Å². The highest BCUT2D eigenvalue weighted by molar-refractivity contribution is 7.92. The van der Waals surface area contributed by atoms with Crippen LogP contribution in [0.1, 0.15) is 73.6 Å². The predicted molar refractivity (Wildman–Crippen MR) is 140 cm³/mol. The monoisotopic (exact) mass is 504 g/mol. The van der Waals surface area contributed by atoms with Crippen molar-refractivity contribution in [2.24, 2.45) is 11.8 Å². The van der Waals surface area contributed by atoms with Gasteiger partial charge in [-0.2, -0.15) is 5.26 Å². The van der Waals surface area contributed by atoms with E-state index in [4.69, 9.17) is 0 Å². The van der Waals surface area contributed by atoms with Gasteiger partial charge in [0, 0.05) is 18.5 Å². The van der Waals surface area contributed by atoms with Crippen LogP contribution in [-0.2, 0) is 34.0 Å². The van der Waals surface area contributed by atoms with Gasteiger partial charge in [-0.25, -0.2) is 8.42 Å². The van der Waals surface area contributed by atoms with Crippen LogP contribution < -0.4 is 0 Å². The van der Waals surface area contributed by atoms with Gasteiger partial charge in [0.2, 0.25) is 5.91 Å². The summed E-state index contributed by atoms with van der Waals surface area (Å²) in [7, 11) is -3.60. The van der Waals surface area contributed by atoms with Crippen LogP contribution in [0.4, 0.5) is 0 Å². The molecule has 36 heavy (non-hydrogen) atoms. The van der Waals surface area contributed by atoms with Crippen molar-refractivity contribution in [2.45, 2.75) is 93.9 Å². The molecule has 1 amide bonds. The molecule has 0 unspecified atom stereocenters. The Morgan fingerprint density at radius 3 is 2.39 bits per heavy atom. The lowest BCUT2D eigenvalue weighted by Crippen LogP contribution is -2.47. The Morgan fingerprint density at radius 1 is 0.944 bits per heavy atom. The SMILES string of the molecule is Cc1ccc(S(=O)(=O)[C@@H]2CCC[C@H]2C(=O)N(Cc2ccc3c(c2)CCC3)C2CCC(C#N)CC2)cc1. The van der Waals surface area contributed by atoms with E-state index in [1.165, 1.54) is 17.5 Å². The topological polar surface area (TPSA) is 78.2 Å². The van der Waals surface area contributed by atoms with Gasteiger partial charge in [0.1, 0.15) is 0 Å². The summed E-state index contributed by atoms with van der Waals surface area (Å²) in [4.78, 5) is 16.5. The van der Waals surface area contributed by atoms with Crippen LogP contribution in [0.15, 0.2) is 47.4 Å². The summed E-state index contributed by atoms with van der Waals surface area (Å²) in [6.07, 6.45) is 8.48. The van der Waals surface area contributed by atoms with Crippen LogP contribution >= 0.6 is 0 Å². The number of benzene rings is 2. The Kier molecular flexibility index (Phi) is 7.21. The number of nitriles is 1. The molecule has 0 aliphatic heterocycles. The van der Waals surface area contributed by atoms with Gasteiger partial charge in [0.05, 0.1) is 22.1 Å². The predicted octanol–water partition coefficient (Wildman–Crippen LogP) is 5.54. The number of carbonyl (C=O) groups excluding carboxylic acids is 1.